The van der Waals surface area contributed by atoms with E-state index in [1.54, 1.807) is 6.92 Å². The Hall–Kier alpha value is -4.12. The first-order chi connectivity index (χ1) is 17.0. The average molecular weight is 465 g/mol. The first kappa shape index (κ1) is 22.7. The first-order valence-corrected chi connectivity index (χ1v) is 11.9. The van der Waals surface area contributed by atoms with E-state index in [-0.39, 0.29) is 30.5 Å². The molecule has 0 fully saturated rings. The number of hydrogen-bond acceptors (Lipinski definition) is 3. The minimum absolute atomic E-state index is 0.0254. The van der Waals surface area contributed by atoms with Gasteiger partial charge in [0.25, 0.3) is 5.91 Å². The van der Waals surface area contributed by atoms with Gasteiger partial charge in [0.2, 0.25) is 5.91 Å². The lowest BCUT2D eigenvalue weighted by molar-refractivity contribution is -0.121. The maximum absolute atomic E-state index is 13.4. The predicted octanol–water partition coefficient (Wildman–Crippen LogP) is 6.14. The standard InChI is InChI=1S/C30H28N2O3/c1-21-18-29(32(22(2)33)25-12-4-3-5-13-25)27-14-8-9-15-28(27)31(21)30(34)20-35-26-17-16-23-10-6-7-11-24(23)19-26/h3-17,19,21,29H,18,20H2,1-2H3/t21-,29+/m1/s1. The van der Waals surface area contributed by atoms with Crippen LogP contribution in [-0.2, 0) is 9.59 Å². The molecule has 35 heavy (non-hydrogen) atoms. The monoisotopic (exact) mass is 464 g/mol. The quantitative estimate of drug-likeness (QED) is 0.357. The van der Waals surface area contributed by atoms with Crippen LogP contribution >= 0.6 is 0 Å². The first-order valence-electron chi connectivity index (χ1n) is 11.9. The van der Waals surface area contributed by atoms with E-state index in [1.165, 1.54) is 0 Å². The van der Waals surface area contributed by atoms with Crippen LogP contribution in [0.5, 0.6) is 5.75 Å². The summed E-state index contributed by atoms with van der Waals surface area (Å²) in [4.78, 5) is 29.8. The van der Waals surface area contributed by atoms with E-state index in [2.05, 4.69) is 0 Å². The highest BCUT2D eigenvalue weighted by Crippen LogP contribution is 2.42. The van der Waals surface area contributed by atoms with Gasteiger partial charge in [-0.1, -0.05) is 66.7 Å². The molecule has 5 nitrogen and oxygen atoms in total. The molecule has 0 radical (unpaired) electrons. The summed E-state index contributed by atoms with van der Waals surface area (Å²) in [6.07, 6.45) is 0.632. The number of ether oxygens (including phenoxy) is 1. The number of rotatable bonds is 5. The van der Waals surface area contributed by atoms with Gasteiger partial charge in [-0.05, 0) is 60.0 Å². The van der Waals surface area contributed by atoms with Crippen molar-refractivity contribution in [2.45, 2.75) is 32.4 Å². The van der Waals surface area contributed by atoms with Gasteiger partial charge < -0.3 is 14.5 Å². The minimum Gasteiger partial charge on any atom is -0.484 e. The lowest BCUT2D eigenvalue weighted by Crippen LogP contribution is -2.48. The second-order valence-electron chi connectivity index (χ2n) is 8.95. The van der Waals surface area contributed by atoms with Crippen LogP contribution in [0.1, 0.15) is 31.9 Å². The maximum atomic E-state index is 13.4. The van der Waals surface area contributed by atoms with Crippen LogP contribution in [0.15, 0.2) is 97.1 Å². The molecule has 1 aliphatic rings. The molecule has 0 bridgehead atoms. The number of carbonyl (C=O) groups is 2. The van der Waals surface area contributed by atoms with E-state index in [0.29, 0.717) is 12.2 Å². The second kappa shape index (κ2) is 9.63. The molecule has 4 aromatic carbocycles. The molecule has 0 saturated carbocycles. The van der Waals surface area contributed by atoms with E-state index < -0.39 is 0 Å². The Morgan fingerprint density at radius 3 is 2.34 bits per heavy atom. The van der Waals surface area contributed by atoms with E-state index in [1.807, 2.05) is 114 Å². The molecule has 2 atom stereocenters. The molecular weight excluding hydrogens is 436 g/mol. The van der Waals surface area contributed by atoms with Gasteiger partial charge in [0, 0.05) is 24.3 Å². The van der Waals surface area contributed by atoms with E-state index in [0.717, 1.165) is 27.7 Å². The Morgan fingerprint density at radius 1 is 0.886 bits per heavy atom. The number of carbonyl (C=O) groups excluding carboxylic acids is 2. The summed E-state index contributed by atoms with van der Waals surface area (Å²) in [5.41, 5.74) is 2.64. The molecule has 4 aromatic rings. The molecule has 5 heteroatoms. The Balaban J connectivity index is 1.41. The van der Waals surface area contributed by atoms with Crippen molar-refractivity contribution in [3.8, 4) is 5.75 Å². The van der Waals surface area contributed by atoms with Gasteiger partial charge in [0.15, 0.2) is 6.61 Å². The second-order valence-corrected chi connectivity index (χ2v) is 8.95. The molecule has 0 unspecified atom stereocenters. The van der Waals surface area contributed by atoms with Crippen molar-refractivity contribution < 1.29 is 14.3 Å². The number of hydrogen-bond donors (Lipinski definition) is 0. The molecule has 5 rings (SSSR count). The average Bonchev–Trinajstić information content (AvgIpc) is 2.88. The zero-order chi connectivity index (χ0) is 24.4. The van der Waals surface area contributed by atoms with Crippen LogP contribution in [0.2, 0.25) is 0 Å². The molecular formula is C30H28N2O3. The lowest BCUT2D eigenvalue weighted by atomic mass is 9.90. The summed E-state index contributed by atoms with van der Waals surface area (Å²) in [6, 6.07) is 31.2. The highest BCUT2D eigenvalue weighted by atomic mass is 16.5. The molecule has 0 aliphatic carbocycles. The summed E-state index contributed by atoms with van der Waals surface area (Å²) in [5, 5.41) is 2.20. The third kappa shape index (κ3) is 4.50. The fourth-order valence-corrected chi connectivity index (χ4v) is 5.05. The largest absolute Gasteiger partial charge is 0.484 e. The maximum Gasteiger partial charge on any atom is 0.265 e. The van der Waals surface area contributed by atoms with Crippen LogP contribution in [-0.4, -0.2) is 24.5 Å². The number of anilines is 2. The third-order valence-corrected chi connectivity index (χ3v) is 6.60. The van der Waals surface area contributed by atoms with Crippen molar-refractivity contribution in [1.29, 1.82) is 0 Å². The van der Waals surface area contributed by atoms with Crippen molar-refractivity contribution >= 4 is 34.0 Å². The van der Waals surface area contributed by atoms with Gasteiger partial charge in [-0.3, -0.25) is 9.59 Å². The van der Waals surface area contributed by atoms with Gasteiger partial charge >= 0.3 is 0 Å². The Morgan fingerprint density at radius 2 is 1.57 bits per heavy atom. The Bertz CT molecular complexity index is 1370. The smallest absolute Gasteiger partial charge is 0.265 e. The summed E-state index contributed by atoms with van der Waals surface area (Å²) < 4.78 is 5.92. The highest BCUT2D eigenvalue weighted by Gasteiger charge is 2.37. The normalized spacial score (nSPS) is 17.0. The number of amides is 2. The van der Waals surface area contributed by atoms with Gasteiger partial charge in [0.1, 0.15) is 5.75 Å². The third-order valence-electron chi connectivity index (χ3n) is 6.60. The number of nitrogens with zero attached hydrogens (tertiary/aromatic N) is 2. The molecule has 0 saturated heterocycles. The zero-order valence-electron chi connectivity index (χ0n) is 19.9. The van der Waals surface area contributed by atoms with Gasteiger partial charge in [-0.2, -0.15) is 0 Å². The van der Waals surface area contributed by atoms with E-state index >= 15 is 0 Å². The number of fused-ring (bicyclic) bond motifs is 2. The summed E-state index contributed by atoms with van der Waals surface area (Å²) in [5.74, 6) is 0.535. The summed E-state index contributed by atoms with van der Waals surface area (Å²) in [6.45, 7) is 3.56. The zero-order valence-corrected chi connectivity index (χ0v) is 19.9. The Labute approximate surface area is 205 Å². The van der Waals surface area contributed by atoms with Gasteiger partial charge in [-0.15, -0.1) is 0 Å². The van der Waals surface area contributed by atoms with Crippen LogP contribution in [0.25, 0.3) is 10.8 Å². The fourth-order valence-electron chi connectivity index (χ4n) is 5.05. The highest BCUT2D eigenvalue weighted by molar-refractivity contribution is 5.98. The van der Waals surface area contributed by atoms with Crippen molar-refractivity contribution in [3.63, 3.8) is 0 Å². The molecule has 0 aromatic heterocycles. The molecule has 0 N–H and O–H groups in total. The van der Waals surface area contributed by atoms with E-state index in [4.69, 9.17) is 4.74 Å². The molecule has 1 aliphatic heterocycles. The predicted molar refractivity (Wildman–Crippen MR) is 140 cm³/mol. The number of benzene rings is 4. The Kier molecular flexibility index (Phi) is 6.23. The SMILES string of the molecule is CC(=O)N(c1ccccc1)[C@H]1C[C@@H](C)N(C(=O)COc2ccc3ccccc3c2)c2ccccc21. The van der Waals surface area contributed by atoms with Crippen molar-refractivity contribution in [3.05, 3.63) is 103 Å². The number of para-hydroxylation sites is 2. The van der Waals surface area contributed by atoms with Crippen molar-refractivity contribution in [1.82, 2.24) is 0 Å². The topological polar surface area (TPSA) is 49.9 Å². The van der Waals surface area contributed by atoms with Gasteiger partial charge in [-0.25, -0.2) is 0 Å². The lowest BCUT2D eigenvalue weighted by Gasteiger charge is -2.43. The van der Waals surface area contributed by atoms with E-state index in [9.17, 15) is 9.59 Å². The molecule has 1 heterocycles. The molecule has 0 spiro atoms. The van der Waals surface area contributed by atoms with Crippen LogP contribution in [0, 0.1) is 0 Å². The summed E-state index contributed by atoms with van der Waals surface area (Å²) >= 11 is 0. The van der Waals surface area contributed by atoms with Crippen molar-refractivity contribution in [2.75, 3.05) is 16.4 Å². The van der Waals surface area contributed by atoms with Crippen LogP contribution < -0.4 is 14.5 Å². The molecule has 176 valence electrons. The van der Waals surface area contributed by atoms with Gasteiger partial charge in [0.05, 0.1) is 6.04 Å². The fraction of sp³-hybridized carbons (Fsp3) is 0.200. The van der Waals surface area contributed by atoms with Crippen LogP contribution in [0.4, 0.5) is 11.4 Å². The van der Waals surface area contributed by atoms with Crippen molar-refractivity contribution in [2.24, 2.45) is 0 Å². The minimum atomic E-state index is -0.161. The summed E-state index contributed by atoms with van der Waals surface area (Å²) in [7, 11) is 0. The molecule has 2 amide bonds. The van der Waals surface area contributed by atoms with Crippen LogP contribution in [0.3, 0.4) is 0 Å².